The van der Waals surface area contributed by atoms with Crippen LogP contribution >= 0.6 is 58.2 Å². The van der Waals surface area contributed by atoms with E-state index in [4.69, 9.17) is 46.4 Å². The first-order valence-corrected chi connectivity index (χ1v) is 10.1. The van der Waals surface area contributed by atoms with Crippen molar-refractivity contribution in [1.29, 1.82) is 0 Å². The summed E-state index contributed by atoms with van der Waals surface area (Å²) in [7, 11) is 1.80. The van der Waals surface area contributed by atoms with E-state index in [2.05, 4.69) is 15.5 Å². The summed E-state index contributed by atoms with van der Waals surface area (Å²) in [6, 6.07) is 10.2. The van der Waals surface area contributed by atoms with Crippen LogP contribution in [0.1, 0.15) is 0 Å². The molecule has 3 aromatic rings. The fraction of sp³-hybridized carbons (Fsp3) is 0.118. The maximum absolute atomic E-state index is 12.2. The molecule has 2 aromatic carbocycles. The first kappa shape index (κ1) is 20.3. The molecular weight excluding hydrogens is 450 g/mol. The highest BCUT2D eigenvalue weighted by molar-refractivity contribution is 7.99. The zero-order chi connectivity index (χ0) is 19.6. The lowest BCUT2D eigenvalue weighted by Crippen LogP contribution is -2.14. The summed E-state index contributed by atoms with van der Waals surface area (Å²) >= 11 is 25.4. The summed E-state index contributed by atoms with van der Waals surface area (Å²) in [5.74, 6) is 0.471. The molecule has 0 saturated heterocycles. The fourth-order valence-corrected chi connectivity index (χ4v) is 3.81. The van der Waals surface area contributed by atoms with Gasteiger partial charge in [0.25, 0.3) is 0 Å². The first-order chi connectivity index (χ1) is 12.9. The summed E-state index contributed by atoms with van der Waals surface area (Å²) in [5, 5.41) is 13.3. The second kappa shape index (κ2) is 8.71. The molecule has 5 nitrogen and oxygen atoms in total. The Balaban J connectivity index is 1.69. The monoisotopic (exact) mass is 460 g/mol. The second-order valence-electron chi connectivity index (χ2n) is 5.43. The fourth-order valence-electron chi connectivity index (χ4n) is 2.26. The molecule has 1 heterocycles. The van der Waals surface area contributed by atoms with E-state index in [1.54, 1.807) is 48.0 Å². The molecule has 0 fully saturated rings. The Hall–Kier alpha value is -1.44. The van der Waals surface area contributed by atoms with Crippen LogP contribution in [-0.4, -0.2) is 26.4 Å². The van der Waals surface area contributed by atoms with E-state index >= 15 is 0 Å². The zero-order valence-corrected chi connectivity index (χ0v) is 17.7. The zero-order valence-electron chi connectivity index (χ0n) is 13.8. The number of hydrogen-bond acceptors (Lipinski definition) is 4. The minimum atomic E-state index is -0.238. The van der Waals surface area contributed by atoms with Gasteiger partial charge in [0.1, 0.15) is 0 Å². The van der Waals surface area contributed by atoms with Gasteiger partial charge in [-0.25, -0.2) is 0 Å². The van der Waals surface area contributed by atoms with Crippen LogP contribution in [0.15, 0.2) is 41.6 Å². The number of halogens is 4. The summed E-state index contributed by atoms with van der Waals surface area (Å²) in [5.41, 5.74) is 1.17. The van der Waals surface area contributed by atoms with Gasteiger partial charge >= 0.3 is 0 Å². The molecule has 3 rings (SSSR count). The number of aromatic nitrogens is 3. The van der Waals surface area contributed by atoms with Crippen LogP contribution in [0.2, 0.25) is 20.1 Å². The number of benzene rings is 2. The van der Waals surface area contributed by atoms with E-state index < -0.39 is 0 Å². The molecular formula is C17H12Cl4N4OS. The Morgan fingerprint density at radius 3 is 2.63 bits per heavy atom. The van der Waals surface area contributed by atoms with Crippen molar-refractivity contribution in [1.82, 2.24) is 14.8 Å². The maximum atomic E-state index is 12.2. The van der Waals surface area contributed by atoms with Crippen molar-refractivity contribution in [3.63, 3.8) is 0 Å². The van der Waals surface area contributed by atoms with Crippen LogP contribution in [-0.2, 0) is 11.8 Å². The Morgan fingerprint density at radius 1 is 1.11 bits per heavy atom. The van der Waals surface area contributed by atoms with Crippen molar-refractivity contribution in [2.24, 2.45) is 7.05 Å². The molecule has 0 bridgehead atoms. The van der Waals surface area contributed by atoms with Gasteiger partial charge < -0.3 is 9.88 Å². The highest BCUT2D eigenvalue weighted by Crippen LogP contribution is 2.31. The molecule has 140 valence electrons. The number of carbonyl (C=O) groups is 1. The van der Waals surface area contributed by atoms with Gasteiger partial charge in [-0.15, -0.1) is 10.2 Å². The van der Waals surface area contributed by atoms with E-state index in [1.165, 1.54) is 11.8 Å². The Kier molecular flexibility index (Phi) is 6.55. The minimum Gasteiger partial charge on any atom is -0.324 e. The number of carbonyl (C=O) groups excluding carboxylic acids is 1. The van der Waals surface area contributed by atoms with Gasteiger partial charge in [-0.2, -0.15) is 0 Å². The number of anilines is 1. The van der Waals surface area contributed by atoms with Crippen molar-refractivity contribution in [2.75, 3.05) is 11.1 Å². The Morgan fingerprint density at radius 2 is 1.89 bits per heavy atom. The molecule has 0 atom stereocenters. The third-order valence-electron chi connectivity index (χ3n) is 3.56. The van der Waals surface area contributed by atoms with Gasteiger partial charge in [-0.3, -0.25) is 4.79 Å². The average Bonchev–Trinajstić information content (AvgIpc) is 2.98. The van der Waals surface area contributed by atoms with Gasteiger partial charge in [0.15, 0.2) is 11.0 Å². The number of nitrogens with one attached hydrogen (secondary N) is 1. The third-order valence-corrected chi connectivity index (χ3v) is 5.95. The van der Waals surface area contributed by atoms with Crippen LogP contribution in [0.5, 0.6) is 0 Å². The molecule has 0 aliphatic rings. The van der Waals surface area contributed by atoms with Gasteiger partial charge in [0, 0.05) is 17.6 Å². The standard InChI is InChI=1S/C17H12Cl4N4OS/c1-25-16(10-6-5-9(18)7-12(10)20)23-24-17(25)27-8-14(26)22-13-4-2-3-11(19)15(13)21/h2-7H,8H2,1H3,(H,22,26). The largest absolute Gasteiger partial charge is 0.324 e. The predicted molar refractivity (Wildman–Crippen MR) is 112 cm³/mol. The second-order valence-corrected chi connectivity index (χ2v) is 8.00. The lowest BCUT2D eigenvalue weighted by Gasteiger charge is -2.08. The summed E-state index contributed by atoms with van der Waals surface area (Å²) < 4.78 is 1.76. The van der Waals surface area contributed by atoms with Gasteiger partial charge in [0.2, 0.25) is 5.91 Å². The molecule has 10 heteroatoms. The van der Waals surface area contributed by atoms with Crippen LogP contribution in [0, 0.1) is 0 Å². The van der Waals surface area contributed by atoms with Crippen LogP contribution < -0.4 is 5.32 Å². The number of hydrogen-bond donors (Lipinski definition) is 1. The Bertz CT molecular complexity index is 1010. The van der Waals surface area contributed by atoms with E-state index in [-0.39, 0.29) is 11.7 Å². The smallest absolute Gasteiger partial charge is 0.234 e. The van der Waals surface area contributed by atoms with E-state index in [0.29, 0.717) is 42.3 Å². The molecule has 0 radical (unpaired) electrons. The summed E-state index contributed by atoms with van der Waals surface area (Å²) in [6.45, 7) is 0. The minimum absolute atomic E-state index is 0.128. The lowest BCUT2D eigenvalue weighted by molar-refractivity contribution is -0.113. The highest BCUT2D eigenvalue weighted by atomic mass is 35.5. The number of rotatable bonds is 5. The molecule has 0 saturated carbocycles. The molecule has 0 aliphatic carbocycles. The molecule has 1 aromatic heterocycles. The SMILES string of the molecule is Cn1c(SCC(=O)Nc2cccc(Cl)c2Cl)nnc1-c1ccc(Cl)cc1Cl. The Labute approximate surface area is 180 Å². The molecule has 0 unspecified atom stereocenters. The number of nitrogens with zero attached hydrogens (tertiary/aromatic N) is 3. The molecule has 0 aliphatic heterocycles. The number of amides is 1. The van der Waals surface area contributed by atoms with E-state index in [1.807, 2.05) is 0 Å². The van der Waals surface area contributed by atoms with E-state index in [9.17, 15) is 4.79 Å². The summed E-state index contributed by atoms with van der Waals surface area (Å²) in [6.07, 6.45) is 0. The maximum Gasteiger partial charge on any atom is 0.234 e. The van der Waals surface area contributed by atoms with Crippen molar-refractivity contribution in [3.8, 4) is 11.4 Å². The normalized spacial score (nSPS) is 10.9. The third kappa shape index (κ3) is 4.70. The highest BCUT2D eigenvalue weighted by Gasteiger charge is 2.16. The van der Waals surface area contributed by atoms with Crippen LogP contribution in [0.25, 0.3) is 11.4 Å². The van der Waals surface area contributed by atoms with Crippen molar-refractivity contribution in [3.05, 3.63) is 56.5 Å². The van der Waals surface area contributed by atoms with Crippen molar-refractivity contribution in [2.45, 2.75) is 5.16 Å². The quantitative estimate of drug-likeness (QED) is 0.485. The first-order valence-electron chi connectivity index (χ1n) is 7.58. The van der Waals surface area contributed by atoms with Crippen LogP contribution in [0.3, 0.4) is 0 Å². The topological polar surface area (TPSA) is 59.8 Å². The van der Waals surface area contributed by atoms with Crippen molar-refractivity contribution < 1.29 is 4.79 Å². The molecule has 1 N–H and O–H groups in total. The number of thioether (sulfide) groups is 1. The van der Waals surface area contributed by atoms with Gasteiger partial charge in [-0.05, 0) is 30.3 Å². The predicted octanol–water partition coefficient (Wildman–Crippen LogP) is 5.83. The molecule has 27 heavy (non-hydrogen) atoms. The molecule has 1 amide bonds. The van der Waals surface area contributed by atoms with Gasteiger partial charge in [0.05, 0.1) is 26.5 Å². The van der Waals surface area contributed by atoms with Crippen LogP contribution in [0.4, 0.5) is 5.69 Å². The lowest BCUT2D eigenvalue weighted by atomic mass is 10.2. The van der Waals surface area contributed by atoms with Crippen molar-refractivity contribution >= 4 is 69.8 Å². The summed E-state index contributed by atoms with van der Waals surface area (Å²) in [4.78, 5) is 12.2. The molecule has 0 spiro atoms. The average molecular weight is 462 g/mol. The van der Waals surface area contributed by atoms with Gasteiger partial charge in [-0.1, -0.05) is 64.2 Å². The van der Waals surface area contributed by atoms with E-state index in [0.717, 1.165) is 0 Å².